The summed E-state index contributed by atoms with van der Waals surface area (Å²) >= 11 is 0. The van der Waals surface area contributed by atoms with Crippen molar-refractivity contribution in [3.63, 3.8) is 0 Å². The van der Waals surface area contributed by atoms with Gasteiger partial charge in [0.25, 0.3) is 0 Å². The Hall–Kier alpha value is -3.48. The highest BCUT2D eigenvalue weighted by atomic mass is 16.7. The van der Waals surface area contributed by atoms with Gasteiger partial charge in [-0.25, -0.2) is 0 Å². The normalized spacial score (nSPS) is 15.9. The van der Waals surface area contributed by atoms with Gasteiger partial charge in [-0.05, 0) is 54.8 Å². The van der Waals surface area contributed by atoms with Crippen molar-refractivity contribution in [2.24, 2.45) is 0 Å². The maximum atomic E-state index is 13.3. The van der Waals surface area contributed by atoms with Crippen LogP contribution in [-0.4, -0.2) is 42.2 Å². The van der Waals surface area contributed by atoms with E-state index in [1.807, 2.05) is 36.4 Å². The first kappa shape index (κ1) is 22.3. The summed E-state index contributed by atoms with van der Waals surface area (Å²) in [5, 5.41) is 4.14. The Balaban J connectivity index is 1.43. The van der Waals surface area contributed by atoms with Gasteiger partial charge in [0.1, 0.15) is 6.54 Å². The van der Waals surface area contributed by atoms with Crippen molar-refractivity contribution in [1.82, 2.24) is 9.47 Å². The van der Waals surface area contributed by atoms with E-state index >= 15 is 0 Å². The number of likely N-dealkylation sites (N-methyl/N-ethyl adjacent to an activating group) is 1. The molecule has 2 aromatic carbocycles. The first-order valence-corrected chi connectivity index (χ1v) is 11.6. The number of hydrogen-bond acceptors (Lipinski definition) is 4. The second-order valence-electron chi connectivity index (χ2n) is 10.5. The van der Waals surface area contributed by atoms with Crippen LogP contribution >= 0.6 is 0 Å². The zero-order valence-corrected chi connectivity index (χ0v) is 20.4. The fraction of sp³-hybridized carbons (Fsp3) is 0.407. The van der Waals surface area contributed by atoms with Gasteiger partial charge in [0.15, 0.2) is 11.5 Å². The van der Waals surface area contributed by atoms with Crippen LogP contribution in [0.4, 0.5) is 5.69 Å². The number of carbonyl (C=O) groups excluding carboxylic acids is 2. The summed E-state index contributed by atoms with van der Waals surface area (Å²) in [4.78, 5) is 27.5. The molecule has 0 atom stereocenters. The highest BCUT2D eigenvalue weighted by Gasteiger charge is 2.51. The van der Waals surface area contributed by atoms with Crippen molar-refractivity contribution in [3.8, 4) is 11.5 Å². The van der Waals surface area contributed by atoms with E-state index in [0.717, 1.165) is 46.4 Å². The first-order chi connectivity index (χ1) is 16.1. The predicted octanol–water partition coefficient (Wildman–Crippen LogP) is 4.43. The Morgan fingerprint density at radius 2 is 1.76 bits per heavy atom. The molecule has 7 heteroatoms. The van der Waals surface area contributed by atoms with Crippen LogP contribution in [0.1, 0.15) is 44.9 Å². The van der Waals surface area contributed by atoms with E-state index in [0.29, 0.717) is 5.75 Å². The number of rotatable bonds is 5. The number of hydrogen-bond donors (Lipinski definition) is 1. The molecule has 0 spiro atoms. The Kier molecular flexibility index (Phi) is 5.11. The third-order valence-corrected chi connectivity index (χ3v) is 6.83. The van der Waals surface area contributed by atoms with Crippen LogP contribution in [0, 0.1) is 0 Å². The number of anilines is 1. The number of fused-ring (bicyclic) bond motifs is 2. The third-order valence-electron chi connectivity index (χ3n) is 6.83. The monoisotopic (exact) mass is 461 g/mol. The van der Waals surface area contributed by atoms with Gasteiger partial charge >= 0.3 is 0 Å². The fourth-order valence-corrected chi connectivity index (χ4v) is 4.63. The van der Waals surface area contributed by atoms with Crippen molar-refractivity contribution in [2.75, 3.05) is 26.2 Å². The van der Waals surface area contributed by atoms with Crippen LogP contribution < -0.4 is 14.8 Å². The summed E-state index contributed by atoms with van der Waals surface area (Å²) in [7, 11) is 3.54. The quantitative estimate of drug-likeness (QED) is 0.610. The van der Waals surface area contributed by atoms with Gasteiger partial charge in [0, 0.05) is 41.8 Å². The minimum absolute atomic E-state index is 0.0102. The molecule has 7 nitrogen and oxygen atoms in total. The summed E-state index contributed by atoms with van der Waals surface area (Å²) in [6.07, 6.45) is 1.61. The average Bonchev–Trinajstić information content (AvgIpc) is 3.32. The van der Waals surface area contributed by atoms with Crippen LogP contribution in [0.2, 0.25) is 0 Å². The molecule has 0 bridgehead atoms. The lowest BCUT2D eigenvalue weighted by molar-refractivity contribution is -0.129. The molecule has 2 heterocycles. The maximum Gasteiger partial charge on any atom is 0.242 e. The standard InChI is InChI=1S/C27H31N3O4/c1-26(2,3)23-13-17-12-19(7-8-20(17)30(23)15-24(31)29(4)5)28-25(32)27(10-11-27)18-6-9-21-22(14-18)34-16-33-21/h6-9,12-14H,10-11,15-16H2,1-5H3,(H,28,32). The molecule has 0 radical (unpaired) electrons. The lowest BCUT2D eigenvalue weighted by atomic mass is 9.92. The summed E-state index contributed by atoms with van der Waals surface area (Å²) in [6, 6.07) is 13.8. The second-order valence-corrected chi connectivity index (χ2v) is 10.5. The lowest BCUT2D eigenvalue weighted by Gasteiger charge is -2.23. The topological polar surface area (TPSA) is 72.8 Å². The zero-order valence-electron chi connectivity index (χ0n) is 20.4. The molecule has 0 saturated heterocycles. The van der Waals surface area contributed by atoms with Crippen molar-refractivity contribution >= 4 is 28.4 Å². The minimum Gasteiger partial charge on any atom is -0.454 e. The number of carbonyl (C=O) groups is 2. The number of amides is 2. The molecule has 178 valence electrons. The van der Waals surface area contributed by atoms with Crippen molar-refractivity contribution < 1.29 is 19.1 Å². The zero-order chi connectivity index (χ0) is 24.3. The molecule has 1 aliphatic heterocycles. The highest BCUT2D eigenvalue weighted by molar-refractivity contribution is 6.02. The lowest BCUT2D eigenvalue weighted by Crippen LogP contribution is -2.28. The van der Waals surface area contributed by atoms with Crippen molar-refractivity contribution in [1.29, 1.82) is 0 Å². The van der Waals surface area contributed by atoms with Gasteiger partial charge in [-0.1, -0.05) is 26.8 Å². The molecule has 34 heavy (non-hydrogen) atoms. The number of nitrogens with one attached hydrogen (secondary N) is 1. The molecular weight excluding hydrogens is 430 g/mol. The first-order valence-electron chi connectivity index (χ1n) is 11.6. The molecule has 5 rings (SSSR count). The van der Waals surface area contributed by atoms with Crippen LogP contribution in [-0.2, 0) is 27.0 Å². The van der Waals surface area contributed by atoms with E-state index in [9.17, 15) is 9.59 Å². The molecule has 1 fully saturated rings. The van der Waals surface area contributed by atoms with E-state index in [2.05, 4.69) is 36.7 Å². The largest absolute Gasteiger partial charge is 0.454 e. The summed E-state index contributed by atoms with van der Waals surface area (Å²) in [6.45, 7) is 6.92. The number of benzene rings is 2. The Bertz CT molecular complexity index is 1300. The van der Waals surface area contributed by atoms with Gasteiger partial charge in [0.05, 0.1) is 5.41 Å². The second kappa shape index (κ2) is 7.79. The van der Waals surface area contributed by atoms with Gasteiger partial charge in [-0.3, -0.25) is 9.59 Å². The molecule has 0 unspecified atom stereocenters. The van der Waals surface area contributed by atoms with Crippen LogP contribution in [0.5, 0.6) is 11.5 Å². The average molecular weight is 462 g/mol. The molecule has 1 aromatic heterocycles. The maximum absolute atomic E-state index is 13.3. The van der Waals surface area contributed by atoms with E-state index in [-0.39, 0.29) is 30.6 Å². The molecule has 2 aliphatic rings. The molecule has 2 amide bonds. The molecule has 3 aromatic rings. The summed E-state index contributed by atoms with van der Waals surface area (Å²) < 4.78 is 13.0. The fourth-order valence-electron chi connectivity index (χ4n) is 4.63. The van der Waals surface area contributed by atoms with Gasteiger partial charge < -0.3 is 24.3 Å². The van der Waals surface area contributed by atoms with Gasteiger partial charge in [0.2, 0.25) is 18.6 Å². The van der Waals surface area contributed by atoms with E-state index in [1.54, 1.807) is 19.0 Å². The van der Waals surface area contributed by atoms with E-state index in [4.69, 9.17) is 9.47 Å². The number of nitrogens with zero attached hydrogens (tertiary/aromatic N) is 2. The SMILES string of the molecule is CN(C)C(=O)Cn1c(C(C)(C)C)cc2cc(NC(=O)C3(c4ccc5c(c4)OCO5)CC3)ccc21. The van der Waals surface area contributed by atoms with Crippen molar-refractivity contribution in [3.05, 3.63) is 53.7 Å². The Labute approximate surface area is 199 Å². The summed E-state index contributed by atoms with van der Waals surface area (Å²) in [5.74, 6) is 1.45. The van der Waals surface area contributed by atoms with Gasteiger partial charge in [-0.15, -0.1) is 0 Å². The predicted molar refractivity (Wildman–Crippen MR) is 131 cm³/mol. The van der Waals surface area contributed by atoms with Crippen LogP contribution in [0.3, 0.4) is 0 Å². The summed E-state index contributed by atoms with van der Waals surface area (Å²) in [5.41, 5.74) is 3.11. The van der Waals surface area contributed by atoms with Crippen LogP contribution in [0.15, 0.2) is 42.5 Å². The van der Waals surface area contributed by atoms with Gasteiger partial charge in [-0.2, -0.15) is 0 Å². The highest BCUT2D eigenvalue weighted by Crippen LogP contribution is 2.51. The van der Waals surface area contributed by atoms with Crippen LogP contribution in [0.25, 0.3) is 10.9 Å². The molecule has 1 N–H and O–H groups in total. The molecule has 1 aliphatic carbocycles. The van der Waals surface area contributed by atoms with Crippen molar-refractivity contribution in [2.45, 2.75) is 51.0 Å². The number of ether oxygens (including phenoxy) is 2. The van der Waals surface area contributed by atoms with E-state index < -0.39 is 5.41 Å². The number of aromatic nitrogens is 1. The minimum atomic E-state index is -0.531. The molecule has 1 saturated carbocycles. The van der Waals surface area contributed by atoms with E-state index in [1.165, 1.54) is 0 Å². The molecular formula is C27H31N3O4. The Morgan fingerprint density at radius 3 is 2.44 bits per heavy atom. The third kappa shape index (κ3) is 3.79. The Morgan fingerprint density at radius 1 is 1.03 bits per heavy atom. The smallest absolute Gasteiger partial charge is 0.242 e.